The maximum Gasteiger partial charge on any atom is 0.329 e. The van der Waals surface area contributed by atoms with E-state index in [1.165, 1.54) is 19.1 Å². The molecule has 0 saturated carbocycles. The molecule has 3 amide bonds. The van der Waals surface area contributed by atoms with Crippen molar-refractivity contribution in [3.63, 3.8) is 0 Å². The molecule has 0 aliphatic carbocycles. The third kappa shape index (κ3) is 4.04. The number of hydrogen-bond donors (Lipinski definition) is 1. The average molecular weight is 401 g/mol. The zero-order chi connectivity index (χ0) is 20.3. The Morgan fingerprint density at radius 1 is 1.07 bits per heavy atom. The molecule has 0 radical (unpaired) electrons. The monoisotopic (exact) mass is 400 g/mol. The van der Waals surface area contributed by atoms with Gasteiger partial charge in [-0.3, -0.25) is 19.3 Å². The summed E-state index contributed by atoms with van der Waals surface area (Å²) in [5.74, 6) is -2.47. The molecule has 7 nitrogen and oxygen atoms in total. The van der Waals surface area contributed by atoms with Gasteiger partial charge in [-0.1, -0.05) is 35.9 Å². The third-order valence-electron chi connectivity index (χ3n) is 4.28. The number of carbonyl (C=O) groups is 4. The standard InChI is InChI=1S/C20H17ClN2O5/c1-12(23-18(25)15-7-2-3-8-16(15)19(23)26)20(27)28-11-17(24)22-10-13-5-4-6-14(21)9-13/h2-9,12H,10-11H2,1H3,(H,22,24)/t12-/m0/s1. The molecule has 8 heteroatoms. The molecule has 2 aromatic carbocycles. The van der Waals surface area contributed by atoms with Crippen molar-refractivity contribution in [2.75, 3.05) is 6.61 Å². The van der Waals surface area contributed by atoms with Crippen molar-refractivity contribution in [1.29, 1.82) is 0 Å². The molecule has 3 rings (SSSR count). The fourth-order valence-corrected chi connectivity index (χ4v) is 3.03. The summed E-state index contributed by atoms with van der Waals surface area (Å²) in [6, 6.07) is 12.2. The lowest BCUT2D eigenvalue weighted by Gasteiger charge is -2.20. The molecule has 28 heavy (non-hydrogen) atoms. The van der Waals surface area contributed by atoms with Crippen LogP contribution in [0, 0.1) is 0 Å². The van der Waals surface area contributed by atoms with E-state index in [2.05, 4.69) is 5.32 Å². The minimum atomic E-state index is -1.15. The molecule has 0 bridgehead atoms. The number of rotatable bonds is 6. The van der Waals surface area contributed by atoms with Crippen LogP contribution in [0.5, 0.6) is 0 Å². The first-order chi connectivity index (χ1) is 13.4. The van der Waals surface area contributed by atoms with E-state index >= 15 is 0 Å². The molecule has 1 heterocycles. The van der Waals surface area contributed by atoms with Gasteiger partial charge in [0.1, 0.15) is 6.04 Å². The van der Waals surface area contributed by atoms with Gasteiger partial charge in [0.2, 0.25) is 0 Å². The van der Waals surface area contributed by atoms with Crippen molar-refractivity contribution in [3.05, 3.63) is 70.2 Å². The normalized spacial score (nSPS) is 13.9. The quantitative estimate of drug-likeness (QED) is 0.592. The molecule has 0 unspecified atom stereocenters. The lowest BCUT2D eigenvalue weighted by atomic mass is 10.1. The molecule has 0 fully saturated rings. The maximum atomic E-state index is 12.4. The van der Waals surface area contributed by atoms with E-state index in [4.69, 9.17) is 16.3 Å². The van der Waals surface area contributed by atoms with E-state index in [0.29, 0.717) is 5.02 Å². The highest BCUT2D eigenvalue weighted by molar-refractivity contribution is 6.30. The van der Waals surface area contributed by atoms with E-state index < -0.39 is 36.3 Å². The lowest BCUT2D eigenvalue weighted by Crippen LogP contribution is -2.44. The number of esters is 1. The number of imide groups is 1. The van der Waals surface area contributed by atoms with Gasteiger partial charge in [-0.25, -0.2) is 4.79 Å². The SMILES string of the molecule is C[C@@H](C(=O)OCC(=O)NCc1cccc(Cl)c1)N1C(=O)c2ccccc2C1=O. The third-order valence-corrected chi connectivity index (χ3v) is 4.51. The molecule has 2 aromatic rings. The second-order valence-electron chi connectivity index (χ2n) is 6.22. The second kappa shape index (κ2) is 8.22. The summed E-state index contributed by atoms with van der Waals surface area (Å²) in [4.78, 5) is 49.7. The summed E-state index contributed by atoms with van der Waals surface area (Å²) in [6.45, 7) is 1.09. The molecular weight excluding hydrogens is 384 g/mol. The smallest absolute Gasteiger partial charge is 0.329 e. The number of carbonyl (C=O) groups excluding carboxylic acids is 4. The molecule has 0 saturated heterocycles. The van der Waals surface area contributed by atoms with Gasteiger partial charge in [-0.05, 0) is 36.8 Å². The van der Waals surface area contributed by atoms with Gasteiger partial charge in [0.25, 0.3) is 17.7 Å². The number of fused-ring (bicyclic) bond motifs is 1. The van der Waals surface area contributed by atoms with Crippen molar-refractivity contribution in [2.45, 2.75) is 19.5 Å². The number of nitrogens with zero attached hydrogens (tertiary/aromatic N) is 1. The van der Waals surface area contributed by atoms with E-state index in [1.807, 2.05) is 0 Å². The van der Waals surface area contributed by atoms with Gasteiger partial charge in [-0.15, -0.1) is 0 Å². The maximum absolute atomic E-state index is 12.4. The van der Waals surface area contributed by atoms with Gasteiger partial charge in [0.05, 0.1) is 11.1 Å². The highest BCUT2D eigenvalue weighted by Crippen LogP contribution is 2.24. The molecular formula is C20H17ClN2O5. The Bertz CT molecular complexity index is 924. The predicted molar refractivity (Wildman–Crippen MR) is 101 cm³/mol. The molecule has 0 aromatic heterocycles. The zero-order valence-electron chi connectivity index (χ0n) is 15.0. The molecule has 1 aliphatic heterocycles. The van der Waals surface area contributed by atoms with E-state index in [9.17, 15) is 19.2 Å². The van der Waals surface area contributed by atoms with E-state index in [-0.39, 0.29) is 17.7 Å². The second-order valence-corrected chi connectivity index (χ2v) is 6.65. The van der Waals surface area contributed by atoms with Crippen LogP contribution in [-0.2, 0) is 20.9 Å². The van der Waals surface area contributed by atoms with Crippen LogP contribution in [0.3, 0.4) is 0 Å². The van der Waals surface area contributed by atoms with Crippen molar-refractivity contribution >= 4 is 35.3 Å². The number of halogens is 1. The Balaban J connectivity index is 1.53. The van der Waals surface area contributed by atoms with Crippen LogP contribution in [0.15, 0.2) is 48.5 Å². The predicted octanol–water partition coefficient (Wildman–Crippen LogP) is 2.18. The average Bonchev–Trinajstić information content (AvgIpc) is 2.95. The van der Waals surface area contributed by atoms with E-state index in [1.54, 1.807) is 36.4 Å². The van der Waals surface area contributed by atoms with Crippen molar-refractivity contribution in [1.82, 2.24) is 10.2 Å². The minimum Gasteiger partial charge on any atom is -0.454 e. The Morgan fingerprint density at radius 2 is 1.71 bits per heavy atom. The van der Waals surface area contributed by atoms with Crippen molar-refractivity contribution < 1.29 is 23.9 Å². The molecule has 144 valence electrons. The summed E-state index contributed by atoms with van der Waals surface area (Å²) in [5.41, 5.74) is 1.28. The van der Waals surface area contributed by atoms with Crippen LogP contribution in [0.4, 0.5) is 0 Å². The highest BCUT2D eigenvalue weighted by atomic mass is 35.5. The number of amides is 3. The lowest BCUT2D eigenvalue weighted by molar-refractivity contribution is -0.151. The Kier molecular flexibility index (Phi) is 5.75. The number of benzene rings is 2. The number of nitrogens with one attached hydrogen (secondary N) is 1. The Labute approximate surface area is 166 Å². The van der Waals surface area contributed by atoms with Crippen molar-refractivity contribution in [2.24, 2.45) is 0 Å². The summed E-state index contributed by atoms with van der Waals surface area (Å²) in [5, 5.41) is 3.15. The molecule has 1 N–H and O–H groups in total. The molecule has 0 spiro atoms. The zero-order valence-corrected chi connectivity index (χ0v) is 15.7. The summed E-state index contributed by atoms with van der Waals surface area (Å²) < 4.78 is 4.96. The first-order valence-corrected chi connectivity index (χ1v) is 8.91. The van der Waals surface area contributed by atoms with E-state index in [0.717, 1.165) is 10.5 Å². The Hall–Kier alpha value is -3.19. The summed E-state index contributed by atoms with van der Waals surface area (Å²) >= 11 is 5.88. The van der Waals surface area contributed by atoms with Gasteiger partial charge in [0.15, 0.2) is 6.61 Å². The number of hydrogen-bond acceptors (Lipinski definition) is 5. The largest absolute Gasteiger partial charge is 0.454 e. The topological polar surface area (TPSA) is 92.8 Å². The number of ether oxygens (including phenoxy) is 1. The van der Waals surface area contributed by atoms with Crippen LogP contribution in [-0.4, -0.2) is 41.2 Å². The van der Waals surface area contributed by atoms with Crippen LogP contribution >= 0.6 is 11.6 Å². The summed E-state index contributed by atoms with van der Waals surface area (Å²) in [7, 11) is 0. The molecule has 1 aliphatic rings. The van der Waals surface area contributed by atoms with Crippen molar-refractivity contribution in [3.8, 4) is 0 Å². The van der Waals surface area contributed by atoms with Crippen LogP contribution in [0.2, 0.25) is 5.02 Å². The van der Waals surface area contributed by atoms with Gasteiger partial charge < -0.3 is 10.1 Å². The first-order valence-electron chi connectivity index (χ1n) is 8.53. The Morgan fingerprint density at radius 3 is 2.32 bits per heavy atom. The van der Waals surface area contributed by atoms with Crippen LogP contribution in [0.25, 0.3) is 0 Å². The van der Waals surface area contributed by atoms with Crippen LogP contribution < -0.4 is 5.32 Å². The minimum absolute atomic E-state index is 0.227. The highest BCUT2D eigenvalue weighted by Gasteiger charge is 2.41. The molecule has 1 atom stereocenters. The van der Waals surface area contributed by atoms with Gasteiger partial charge >= 0.3 is 5.97 Å². The summed E-state index contributed by atoms with van der Waals surface area (Å²) in [6.07, 6.45) is 0. The van der Waals surface area contributed by atoms with Gasteiger partial charge in [-0.2, -0.15) is 0 Å². The van der Waals surface area contributed by atoms with Crippen LogP contribution in [0.1, 0.15) is 33.2 Å². The fourth-order valence-electron chi connectivity index (χ4n) is 2.82. The first kappa shape index (κ1) is 19.6. The fraction of sp³-hybridized carbons (Fsp3) is 0.200. The van der Waals surface area contributed by atoms with Gasteiger partial charge in [0, 0.05) is 11.6 Å².